The predicted molar refractivity (Wildman–Crippen MR) is 67.1 cm³/mol. The summed E-state index contributed by atoms with van der Waals surface area (Å²) in [4.78, 5) is 2.30. The SMILES string of the molecule is CCNc1ccc(OC2CCN(C)C2)cc1. The number of nitrogens with one attached hydrogen (secondary N) is 1. The number of rotatable bonds is 4. The van der Waals surface area contributed by atoms with Crippen LogP contribution in [0.3, 0.4) is 0 Å². The van der Waals surface area contributed by atoms with Gasteiger partial charge in [0.05, 0.1) is 0 Å². The first-order valence-corrected chi connectivity index (χ1v) is 5.97. The van der Waals surface area contributed by atoms with Crippen LogP contribution in [0.2, 0.25) is 0 Å². The Hall–Kier alpha value is -1.22. The van der Waals surface area contributed by atoms with Crippen molar-refractivity contribution in [2.45, 2.75) is 19.4 Å². The Morgan fingerprint density at radius 2 is 2.12 bits per heavy atom. The molecule has 1 aromatic rings. The van der Waals surface area contributed by atoms with E-state index < -0.39 is 0 Å². The van der Waals surface area contributed by atoms with Crippen molar-refractivity contribution in [1.82, 2.24) is 4.90 Å². The molecule has 0 saturated carbocycles. The third kappa shape index (κ3) is 2.89. The Balaban J connectivity index is 1.89. The molecular weight excluding hydrogens is 200 g/mol. The van der Waals surface area contributed by atoms with Crippen LogP contribution >= 0.6 is 0 Å². The smallest absolute Gasteiger partial charge is 0.119 e. The minimum Gasteiger partial charge on any atom is -0.489 e. The highest BCUT2D eigenvalue weighted by molar-refractivity contribution is 5.46. The second-order valence-electron chi connectivity index (χ2n) is 4.35. The van der Waals surface area contributed by atoms with Gasteiger partial charge in [0, 0.05) is 25.3 Å². The number of likely N-dealkylation sites (tertiary alicyclic amines) is 1. The lowest BCUT2D eigenvalue weighted by Gasteiger charge is -2.14. The monoisotopic (exact) mass is 220 g/mol. The molecule has 0 aliphatic carbocycles. The summed E-state index contributed by atoms with van der Waals surface area (Å²) in [6.45, 7) is 5.22. The quantitative estimate of drug-likeness (QED) is 0.842. The summed E-state index contributed by atoms with van der Waals surface area (Å²) in [5.41, 5.74) is 1.15. The lowest BCUT2D eigenvalue weighted by Crippen LogP contribution is -2.21. The summed E-state index contributed by atoms with van der Waals surface area (Å²) >= 11 is 0. The third-order valence-corrected chi connectivity index (χ3v) is 2.89. The van der Waals surface area contributed by atoms with Gasteiger partial charge < -0.3 is 15.0 Å². The van der Waals surface area contributed by atoms with Gasteiger partial charge in [0.25, 0.3) is 0 Å². The maximum absolute atomic E-state index is 5.91. The van der Waals surface area contributed by atoms with Crippen molar-refractivity contribution in [2.24, 2.45) is 0 Å². The maximum Gasteiger partial charge on any atom is 0.119 e. The van der Waals surface area contributed by atoms with Gasteiger partial charge in [0.1, 0.15) is 11.9 Å². The van der Waals surface area contributed by atoms with E-state index in [0.29, 0.717) is 6.10 Å². The number of anilines is 1. The molecule has 1 aliphatic rings. The van der Waals surface area contributed by atoms with Crippen LogP contribution in [-0.2, 0) is 0 Å². The molecule has 2 rings (SSSR count). The highest BCUT2D eigenvalue weighted by Crippen LogP contribution is 2.19. The van der Waals surface area contributed by atoms with Crippen molar-refractivity contribution < 1.29 is 4.74 Å². The molecule has 88 valence electrons. The Kier molecular flexibility index (Phi) is 3.67. The van der Waals surface area contributed by atoms with Crippen molar-refractivity contribution in [2.75, 3.05) is 32.0 Å². The third-order valence-electron chi connectivity index (χ3n) is 2.89. The van der Waals surface area contributed by atoms with Crippen LogP contribution in [0, 0.1) is 0 Å². The van der Waals surface area contributed by atoms with Crippen molar-refractivity contribution in [1.29, 1.82) is 0 Å². The van der Waals surface area contributed by atoms with Crippen molar-refractivity contribution in [3.63, 3.8) is 0 Å². The summed E-state index contributed by atoms with van der Waals surface area (Å²) in [5.74, 6) is 0.974. The Labute approximate surface area is 97.4 Å². The first kappa shape index (κ1) is 11.3. The molecule has 1 N–H and O–H groups in total. The molecule has 1 aromatic carbocycles. The molecule has 16 heavy (non-hydrogen) atoms. The molecule has 1 unspecified atom stereocenters. The molecule has 1 fully saturated rings. The zero-order valence-corrected chi connectivity index (χ0v) is 10.1. The standard InChI is InChI=1S/C13H20N2O/c1-3-14-11-4-6-12(7-5-11)16-13-8-9-15(2)10-13/h4-7,13-14H,3,8-10H2,1-2H3. The molecule has 1 aliphatic heterocycles. The van der Waals surface area contributed by atoms with E-state index in [-0.39, 0.29) is 0 Å². The normalized spacial score (nSPS) is 21.0. The van der Waals surface area contributed by atoms with Gasteiger partial charge in [-0.3, -0.25) is 0 Å². The van der Waals surface area contributed by atoms with Gasteiger partial charge in [-0.2, -0.15) is 0 Å². The van der Waals surface area contributed by atoms with Crippen LogP contribution in [-0.4, -0.2) is 37.7 Å². The maximum atomic E-state index is 5.91. The molecule has 1 saturated heterocycles. The Morgan fingerprint density at radius 3 is 2.69 bits per heavy atom. The van der Waals surface area contributed by atoms with Crippen molar-refractivity contribution in [3.05, 3.63) is 24.3 Å². The molecule has 3 nitrogen and oxygen atoms in total. The van der Waals surface area contributed by atoms with Gasteiger partial charge in [0.15, 0.2) is 0 Å². The molecule has 0 radical (unpaired) electrons. The highest BCUT2D eigenvalue weighted by Gasteiger charge is 2.20. The van der Waals surface area contributed by atoms with Gasteiger partial charge in [0.2, 0.25) is 0 Å². The predicted octanol–water partition coefficient (Wildman–Crippen LogP) is 2.20. The molecule has 3 heteroatoms. The lowest BCUT2D eigenvalue weighted by atomic mass is 10.3. The summed E-state index contributed by atoms with van der Waals surface area (Å²) in [7, 11) is 2.14. The first-order chi connectivity index (χ1) is 7.78. The molecule has 1 atom stereocenters. The van der Waals surface area contributed by atoms with Gasteiger partial charge in [-0.25, -0.2) is 0 Å². The second kappa shape index (κ2) is 5.21. The number of hydrogen-bond donors (Lipinski definition) is 1. The molecule has 0 spiro atoms. The summed E-state index contributed by atoms with van der Waals surface area (Å²) in [5, 5.41) is 3.27. The van der Waals surface area contributed by atoms with Crippen LogP contribution in [0.1, 0.15) is 13.3 Å². The number of ether oxygens (including phenoxy) is 1. The highest BCUT2D eigenvalue weighted by atomic mass is 16.5. The number of benzene rings is 1. The summed E-state index contributed by atoms with van der Waals surface area (Å²) in [6.07, 6.45) is 1.49. The van der Waals surface area contributed by atoms with E-state index in [4.69, 9.17) is 4.74 Å². The Bertz CT molecular complexity index is 323. The molecule has 1 heterocycles. The molecular formula is C13H20N2O. The summed E-state index contributed by atoms with van der Waals surface area (Å²) < 4.78 is 5.91. The second-order valence-corrected chi connectivity index (χ2v) is 4.35. The van der Waals surface area contributed by atoms with E-state index >= 15 is 0 Å². The van der Waals surface area contributed by atoms with Crippen LogP contribution in [0.15, 0.2) is 24.3 Å². The fourth-order valence-corrected chi connectivity index (χ4v) is 2.04. The van der Waals surface area contributed by atoms with Gasteiger partial charge in [-0.05, 0) is 44.7 Å². The lowest BCUT2D eigenvalue weighted by molar-refractivity contribution is 0.208. The fourth-order valence-electron chi connectivity index (χ4n) is 2.04. The van der Waals surface area contributed by atoms with Gasteiger partial charge in [-0.1, -0.05) is 0 Å². The molecule has 0 amide bonds. The van der Waals surface area contributed by atoms with E-state index in [1.807, 2.05) is 12.1 Å². The number of nitrogens with zero attached hydrogens (tertiary/aromatic N) is 1. The number of likely N-dealkylation sites (N-methyl/N-ethyl adjacent to an activating group) is 1. The van der Waals surface area contributed by atoms with Crippen LogP contribution in [0.4, 0.5) is 5.69 Å². The average molecular weight is 220 g/mol. The van der Waals surface area contributed by atoms with Crippen molar-refractivity contribution >= 4 is 5.69 Å². The number of hydrogen-bond acceptors (Lipinski definition) is 3. The summed E-state index contributed by atoms with van der Waals surface area (Å²) in [6, 6.07) is 8.21. The van der Waals surface area contributed by atoms with E-state index in [9.17, 15) is 0 Å². The zero-order valence-electron chi connectivity index (χ0n) is 10.1. The fraction of sp³-hybridized carbons (Fsp3) is 0.538. The van der Waals surface area contributed by atoms with E-state index in [1.54, 1.807) is 0 Å². The minimum absolute atomic E-state index is 0.356. The van der Waals surface area contributed by atoms with Crippen LogP contribution < -0.4 is 10.1 Å². The van der Waals surface area contributed by atoms with Crippen LogP contribution in [0.5, 0.6) is 5.75 Å². The zero-order chi connectivity index (χ0) is 11.4. The Morgan fingerprint density at radius 1 is 1.38 bits per heavy atom. The minimum atomic E-state index is 0.356. The van der Waals surface area contributed by atoms with Gasteiger partial charge in [-0.15, -0.1) is 0 Å². The van der Waals surface area contributed by atoms with Crippen LogP contribution in [0.25, 0.3) is 0 Å². The van der Waals surface area contributed by atoms with E-state index in [0.717, 1.165) is 37.5 Å². The molecule has 0 bridgehead atoms. The van der Waals surface area contributed by atoms with E-state index in [2.05, 4.69) is 36.3 Å². The van der Waals surface area contributed by atoms with Crippen molar-refractivity contribution in [3.8, 4) is 5.75 Å². The largest absolute Gasteiger partial charge is 0.489 e. The average Bonchev–Trinajstić information content (AvgIpc) is 2.67. The molecule has 0 aromatic heterocycles. The van der Waals surface area contributed by atoms with Gasteiger partial charge >= 0.3 is 0 Å². The topological polar surface area (TPSA) is 24.5 Å². The van der Waals surface area contributed by atoms with E-state index in [1.165, 1.54) is 0 Å². The first-order valence-electron chi connectivity index (χ1n) is 5.97.